The average Bonchev–Trinajstić information content (AvgIpc) is 2.53. The van der Waals surface area contributed by atoms with E-state index in [9.17, 15) is 25.0 Å². The van der Waals surface area contributed by atoms with Crippen LogP contribution < -0.4 is 0 Å². The Labute approximate surface area is 143 Å². The van der Waals surface area contributed by atoms with Gasteiger partial charge in [0, 0.05) is 12.1 Å². The smallest absolute Gasteiger partial charge is 0.339 e. The first kappa shape index (κ1) is 18.1. The van der Waals surface area contributed by atoms with Crippen LogP contribution in [0.3, 0.4) is 0 Å². The van der Waals surface area contributed by atoms with E-state index in [1.165, 1.54) is 0 Å². The van der Waals surface area contributed by atoms with Crippen molar-refractivity contribution in [2.24, 2.45) is 0 Å². The molecule has 0 bridgehead atoms. The van der Waals surface area contributed by atoms with Crippen LogP contribution in [0.5, 0.6) is 0 Å². The molecule has 2 rings (SSSR count). The third-order valence-electron chi connectivity index (χ3n) is 3.62. The number of nitro benzene ring substituents is 2. The number of benzene rings is 2. The quantitative estimate of drug-likeness (QED) is 0.462. The van der Waals surface area contributed by atoms with E-state index in [4.69, 9.17) is 4.74 Å². The van der Waals surface area contributed by atoms with Gasteiger partial charge in [-0.2, -0.15) is 0 Å². The normalized spacial score (nSPS) is 11.0. The van der Waals surface area contributed by atoms with E-state index in [0.29, 0.717) is 0 Å². The zero-order valence-electron chi connectivity index (χ0n) is 13.9. The number of rotatable bonds is 5. The minimum Gasteiger partial charge on any atom is -0.451 e. The monoisotopic (exact) mass is 344 g/mol. The number of nitro groups is 2. The van der Waals surface area contributed by atoms with Crippen LogP contribution in [0.15, 0.2) is 42.5 Å². The molecule has 0 atom stereocenters. The molecule has 0 radical (unpaired) electrons. The van der Waals surface area contributed by atoms with Crippen LogP contribution in [-0.4, -0.2) is 15.8 Å². The molecule has 0 aliphatic heterocycles. The maximum Gasteiger partial charge on any atom is 0.339 e. The molecule has 0 spiro atoms. The van der Waals surface area contributed by atoms with Crippen molar-refractivity contribution in [1.82, 2.24) is 0 Å². The second-order valence-electron chi connectivity index (χ2n) is 6.02. The van der Waals surface area contributed by atoms with Crippen LogP contribution in [0, 0.1) is 27.2 Å². The van der Waals surface area contributed by atoms with Crippen molar-refractivity contribution >= 4 is 17.3 Å². The van der Waals surface area contributed by atoms with Gasteiger partial charge >= 0.3 is 5.97 Å². The Morgan fingerprint density at radius 3 is 2.04 bits per heavy atom. The number of hydrogen-bond acceptors (Lipinski definition) is 6. The summed E-state index contributed by atoms with van der Waals surface area (Å²) in [6.45, 7) is 5.24. The van der Waals surface area contributed by atoms with Crippen molar-refractivity contribution in [3.05, 3.63) is 79.4 Å². The third kappa shape index (κ3) is 4.17. The highest BCUT2D eigenvalue weighted by atomic mass is 16.6. The van der Waals surface area contributed by atoms with Crippen LogP contribution in [-0.2, 0) is 10.3 Å². The summed E-state index contributed by atoms with van der Waals surface area (Å²) < 4.78 is 5.45. The summed E-state index contributed by atoms with van der Waals surface area (Å²) in [6, 6.07) is 10.1. The predicted octanol–water partition coefficient (Wildman–Crippen LogP) is 3.90. The molecule has 2 aromatic rings. The van der Waals surface area contributed by atoms with E-state index in [1.807, 2.05) is 25.1 Å². The number of esters is 1. The Kier molecular flexibility index (Phi) is 4.82. The highest BCUT2D eigenvalue weighted by Gasteiger charge is 2.28. The summed E-state index contributed by atoms with van der Waals surface area (Å²) in [5.41, 5.74) is -0.637. The maximum absolute atomic E-state index is 12.4. The highest BCUT2D eigenvalue weighted by molar-refractivity contribution is 5.91. The molecule has 0 aliphatic carbocycles. The van der Waals surface area contributed by atoms with Crippen LogP contribution in [0.2, 0.25) is 0 Å². The van der Waals surface area contributed by atoms with Gasteiger partial charge in [-0.25, -0.2) is 4.79 Å². The molecule has 0 unspecified atom stereocenters. The summed E-state index contributed by atoms with van der Waals surface area (Å²) >= 11 is 0. The summed E-state index contributed by atoms with van der Waals surface area (Å²) in [4.78, 5) is 32.7. The van der Waals surface area contributed by atoms with Crippen molar-refractivity contribution in [2.75, 3.05) is 0 Å². The van der Waals surface area contributed by atoms with Gasteiger partial charge < -0.3 is 4.74 Å². The lowest BCUT2D eigenvalue weighted by atomic mass is 9.96. The largest absolute Gasteiger partial charge is 0.451 e. The average molecular weight is 344 g/mol. The van der Waals surface area contributed by atoms with Gasteiger partial charge in [0.1, 0.15) is 5.60 Å². The number of non-ortho nitro benzene ring substituents is 2. The van der Waals surface area contributed by atoms with E-state index < -0.39 is 32.8 Å². The van der Waals surface area contributed by atoms with E-state index in [0.717, 1.165) is 29.3 Å². The van der Waals surface area contributed by atoms with Gasteiger partial charge in [-0.3, -0.25) is 20.2 Å². The summed E-state index contributed by atoms with van der Waals surface area (Å²) in [5, 5.41) is 21.9. The van der Waals surface area contributed by atoms with Gasteiger partial charge in [-0.05, 0) is 26.3 Å². The fraction of sp³-hybridized carbons (Fsp3) is 0.235. The standard InChI is InChI=1S/C17H16N2O6/c1-11-5-4-6-13(7-11)17(2,3)25-16(20)12-8-14(18(21)22)10-15(9-12)19(23)24/h4-10H,1-3H3. The van der Waals surface area contributed by atoms with E-state index in [1.54, 1.807) is 19.9 Å². The van der Waals surface area contributed by atoms with Crippen molar-refractivity contribution in [3.63, 3.8) is 0 Å². The molecular weight excluding hydrogens is 328 g/mol. The van der Waals surface area contributed by atoms with E-state index >= 15 is 0 Å². The minimum absolute atomic E-state index is 0.248. The molecule has 8 heteroatoms. The van der Waals surface area contributed by atoms with Crippen molar-refractivity contribution < 1.29 is 19.4 Å². The van der Waals surface area contributed by atoms with Gasteiger partial charge in [0.2, 0.25) is 0 Å². The zero-order chi connectivity index (χ0) is 18.8. The highest BCUT2D eigenvalue weighted by Crippen LogP contribution is 2.29. The second-order valence-corrected chi connectivity index (χ2v) is 6.02. The van der Waals surface area contributed by atoms with Gasteiger partial charge in [-0.1, -0.05) is 29.8 Å². The molecule has 0 aromatic heterocycles. The summed E-state index contributed by atoms with van der Waals surface area (Å²) in [7, 11) is 0. The molecular formula is C17H16N2O6. The second kappa shape index (κ2) is 6.68. The lowest BCUT2D eigenvalue weighted by molar-refractivity contribution is -0.394. The fourth-order valence-electron chi connectivity index (χ4n) is 2.29. The van der Waals surface area contributed by atoms with Crippen LogP contribution >= 0.6 is 0 Å². The number of hydrogen-bond donors (Lipinski definition) is 0. The molecule has 0 heterocycles. The molecule has 2 aromatic carbocycles. The topological polar surface area (TPSA) is 113 Å². The minimum atomic E-state index is -1.01. The molecule has 0 N–H and O–H groups in total. The Morgan fingerprint density at radius 1 is 1.00 bits per heavy atom. The molecule has 130 valence electrons. The molecule has 0 fully saturated rings. The van der Waals surface area contributed by atoms with Gasteiger partial charge in [-0.15, -0.1) is 0 Å². The molecule has 0 saturated heterocycles. The third-order valence-corrected chi connectivity index (χ3v) is 3.62. The van der Waals surface area contributed by atoms with Crippen LogP contribution in [0.4, 0.5) is 11.4 Å². The molecule has 8 nitrogen and oxygen atoms in total. The Bertz CT molecular complexity index is 828. The molecule has 0 aliphatic rings. The zero-order valence-corrected chi connectivity index (χ0v) is 13.9. The van der Waals surface area contributed by atoms with E-state index in [-0.39, 0.29) is 5.56 Å². The molecule has 25 heavy (non-hydrogen) atoms. The van der Waals surface area contributed by atoms with Crippen molar-refractivity contribution in [3.8, 4) is 0 Å². The number of carbonyl (C=O) groups is 1. The Hall–Kier alpha value is -3.29. The van der Waals surface area contributed by atoms with Gasteiger partial charge in [0.05, 0.1) is 21.5 Å². The van der Waals surface area contributed by atoms with Crippen LogP contribution in [0.25, 0.3) is 0 Å². The number of ether oxygens (including phenoxy) is 1. The lowest BCUT2D eigenvalue weighted by Crippen LogP contribution is -2.25. The summed E-state index contributed by atoms with van der Waals surface area (Å²) in [5.74, 6) is -0.877. The number of nitrogens with zero attached hydrogens (tertiary/aromatic N) is 2. The van der Waals surface area contributed by atoms with Gasteiger partial charge in [0.25, 0.3) is 11.4 Å². The number of carbonyl (C=O) groups excluding carboxylic acids is 1. The van der Waals surface area contributed by atoms with Gasteiger partial charge in [0.15, 0.2) is 0 Å². The maximum atomic E-state index is 12.4. The lowest BCUT2D eigenvalue weighted by Gasteiger charge is -2.26. The van der Waals surface area contributed by atoms with E-state index in [2.05, 4.69) is 0 Å². The van der Waals surface area contributed by atoms with Crippen molar-refractivity contribution in [1.29, 1.82) is 0 Å². The molecule has 0 saturated carbocycles. The van der Waals surface area contributed by atoms with Crippen LogP contribution in [0.1, 0.15) is 35.3 Å². The Morgan fingerprint density at radius 2 is 1.56 bits per heavy atom. The first-order valence-corrected chi connectivity index (χ1v) is 7.34. The first-order chi connectivity index (χ1) is 11.6. The Balaban J connectivity index is 2.37. The first-order valence-electron chi connectivity index (χ1n) is 7.34. The van der Waals surface area contributed by atoms with Crippen molar-refractivity contribution in [2.45, 2.75) is 26.4 Å². The molecule has 0 amide bonds. The number of aryl methyl sites for hydroxylation is 1. The summed E-state index contributed by atoms with van der Waals surface area (Å²) in [6.07, 6.45) is 0. The predicted molar refractivity (Wildman–Crippen MR) is 89.4 cm³/mol. The fourth-order valence-corrected chi connectivity index (χ4v) is 2.29. The SMILES string of the molecule is Cc1cccc(C(C)(C)OC(=O)c2cc([N+](=O)[O-])cc([N+](=O)[O-])c2)c1.